The van der Waals surface area contributed by atoms with Crippen LogP contribution in [0.25, 0.3) is 0 Å². The van der Waals surface area contributed by atoms with E-state index in [2.05, 4.69) is 0 Å². The molecule has 1 aromatic carbocycles. The number of aliphatic hydroxyl groups excluding tert-OH is 1. The van der Waals surface area contributed by atoms with Crippen molar-refractivity contribution in [3.8, 4) is 6.07 Å². The summed E-state index contributed by atoms with van der Waals surface area (Å²) >= 11 is 7.37. The highest BCUT2D eigenvalue weighted by Gasteiger charge is 2.01. The number of rotatable bonds is 3. The molecule has 0 atom stereocenters. The predicted molar refractivity (Wildman–Crippen MR) is 54.0 cm³/mol. The summed E-state index contributed by atoms with van der Waals surface area (Å²) in [6.45, 7) is 0.126. The predicted octanol–water partition coefficient (Wildman–Crippen LogP) is 2.30. The van der Waals surface area contributed by atoms with Crippen LogP contribution in [-0.4, -0.2) is 17.5 Å². The van der Waals surface area contributed by atoms with Crippen molar-refractivity contribution in [3.05, 3.63) is 28.8 Å². The maximum absolute atomic E-state index is 8.60. The Labute approximate surface area is 86.1 Å². The van der Waals surface area contributed by atoms with E-state index in [0.29, 0.717) is 16.3 Å². The Balaban J connectivity index is 2.81. The standard InChI is InChI=1S/C9H8ClNOS/c10-8-5-7(6-11)1-2-9(8)13-4-3-12/h1-2,5,12H,3-4H2. The first-order chi connectivity index (χ1) is 6.27. The maximum atomic E-state index is 8.60. The van der Waals surface area contributed by atoms with Gasteiger partial charge in [0.15, 0.2) is 0 Å². The molecule has 0 radical (unpaired) electrons. The first-order valence-electron chi connectivity index (χ1n) is 3.71. The molecule has 0 bridgehead atoms. The third-order valence-corrected chi connectivity index (χ3v) is 2.89. The number of aliphatic hydroxyl groups is 1. The lowest BCUT2D eigenvalue weighted by molar-refractivity contribution is 0.322. The number of nitrogens with zero attached hydrogens (tertiary/aromatic N) is 1. The molecule has 0 spiro atoms. The van der Waals surface area contributed by atoms with E-state index in [-0.39, 0.29) is 6.61 Å². The summed E-state index contributed by atoms with van der Waals surface area (Å²) in [4.78, 5) is 0.898. The van der Waals surface area contributed by atoms with Gasteiger partial charge in [-0.05, 0) is 18.2 Å². The highest BCUT2D eigenvalue weighted by Crippen LogP contribution is 2.27. The van der Waals surface area contributed by atoms with Crippen LogP contribution in [0.3, 0.4) is 0 Å². The minimum absolute atomic E-state index is 0.126. The molecule has 1 N–H and O–H groups in total. The monoisotopic (exact) mass is 213 g/mol. The second kappa shape index (κ2) is 5.13. The molecule has 0 unspecified atom stereocenters. The minimum Gasteiger partial charge on any atom is -0.396 e. The van der Waals surface area contributed by atoms with Gasteiger partial charge in [-0.3, -0.25) is 0 Å². The summed E-state index contributed by atoms with van der Waals surface area (Å²) in [5.41, 5.74) is 0.554. The molecule has 1 rings (SSSR count). The zero-order chi connectivity index (χ0) is 9.68. The van der Waals surface area contributed by atoms with Crippen LogP contribution in [0.15, 0.2) is 23.1 Å². The summed E-state index contributed by atoms with van der Waals surface area (Å²) in [7, 11) is 0. The van der Waals surface area contributed by atoms with Crippen molar-refractivity contribution in [1.29, 1.82) is 5.26 Å². The van der Waals surface area contributed by atoms with E-state index in [1.54, 1.807) is 18.2 Å². The van der Waals surface area contributed by atoms with Crippen molar-refractivity contribution in [2.45, 2.75) is 4.90 Å². The van der Waals surface area contributed by atoms with E-state index in [1.807, 2.05) is 6.07 Å². The highest BCUT2D eigenvalue weighted by molar-refractivity contribution is 7.99. The summed E-state index contributed by atoms with van der Waals surface area (Å²) in [6.07, 6.45) is 0. The molecule has 0 aliphatic carbocycles. The van der Waals surface area contributed by atoms with Gasteiger partial charge in [-0.25, -0.2) is 0 Å². The number of thioether (sulfide) groups is 1. The van der Waals surface area contributed by atoms with Gasteiger partial charge in [0, 0.05) is 10.6 Å². The Kier molecular flexibility index (Phi) is 4.10. The molecule has 1 aromatic rings. The lowest BCUT2D eigenvalue weighted by atomic mass is 10.2. The molecule has 0 amide bonds. The zero-order valence-corrected chi connectivity index (χ0v) is 8.40. The first-order valence-corrected chi connectivity index (χ1v) is 5.07. The quantitative estimate of drug-likeness (QED) is 0.784. The van der Waals surface area contributed by atoms with Crippen molar-refractivity contribution in [1.82, 2.24) is 0 Å². The van der Waals surface area contributed by atoms with Gasteiger partial charge in [-0.1, -0.05) is 11.6 Å². The van der Waals surface area contributed by atoms with Crippen molar-refractivity contribution >= 4 is 23.4 Å². The SMILES string of the molecule is N#Cc1ccc(SCCO)c(Cl)c1. The van der Waals surface area contributed by atoms with Gasteiger partial charge >= 0.3 is 0 Å². The van der Waals surface area contributed by atoms with Crippen LogP contribution < -0.4 is 0 Å². The molecule has 0 aliphatic rings. The normalized spacial score (nSPS) is 9.62. The number of halogens is 1. The largest absolute Gasteiger partial charge is 0.396 e. The van der Waals surface area contributed by atoms with Crippen molar-refractivity contribution in [2.24, 2.45) is 0 Å². The van der Waals surface area contributed by atoms with E-state index in [9.17, 15) is 0 Å². The Morgan fingerprint density at radius 3 is 2.85 bits per heavy atom. The molecule has 0 saturated carbocycles. The average molecular weight is 214 g/mol. The molecular formula is C9H8ClNOS. The molecule has 0 aromatic heterocycles. The second-order valence-electron chi connectivity index (χ2n) is 2.33. The van der Waals surface area contributed by atoms with Crippen molar-refractivity contribution in [2.75, 3.05) is 12.4 Å². The number of benzene rings is 1. The van der Waals surface area contributed by atoms with E-state index in [4.69, 9.17) is 22.0 Å². The lowest BCUT2D eigenvalue weighted by Gasteiger charge is -2.01. The van der Waals surface area contributed by atoms with Gasteiger partial charge < -0.3 is 5.11 Å². The number of nitriles is 1. The molecule has 0 saturated heterocycles. The van der Waals surface area contributed by atoms with E-state index in [1.165, 1.54) is 11.8 Å². The van der Waals surface area contributed by atoms with Gasteiger partial charge in [-0.2, -0.15) is 5.26 Å². The molecule has 0 aliphatic heterocycles. The van der Waals surface area contributed by atoms with Gasteiger partial charge in [0.05, 0.1) is 23.3 Å². The van der Waals surface area contributed by atoms with Gasteiger partial charge in [0.25, 0.3) is 0 Å². The fourth-order valence-corrected chi connectivity index (χ4v) is 1.86. The summed E-state index contributed by atoms with van der Waals surface area (Å²) in [6, 6.07) is 7.14. The number of hydrogen-bond acceptors (Lipinski definition) is 3. The Morgan fingerprint density at radius 2 is 2.31 bits per heavy atom. The Bertz CT molecular complexity index is 335. The van der Waals surface area contributed by atoms with Gasteiger partial charge in [0.1, 0.15) is 0 Å². The zero-order valence-electron chi connectivity index (χ0n) is 6.83. The van der Waals surface area contributed by atoms with Crippen LogP contribution in [-0.2, 0) is 0 Å². The molecule has 4 heteroatoms. The molecule has 0 heterocycles. The van der Waals surface area contributed by atoms with Crippen LogP contribution in [0.2, 0.25) is 5.02 Å². The lowest BCUT2D eigenvalue weighted by Crippen LogP contribution is -1.86. The fraction of sp³-hybridized carbons (Fsp3) is 0.222. The van der Waals surface area contributed by atoms with E-state index in [0.717, 1.165) is 4.90 Å². The van der Waals surface area contributed by atoms with E-state index >= 15 is 0 Å². The van der Waals surface area contributed by atoms with Crippen molar-refractivity contribution < 1.29 is 5.11 Å². The molecule has 68 valence electrons. The second-order valence-corrected chi connectivity index (χ2v) is 3.87. The first kappa shape index (κ1) is 10.4. The van der Waals surface area contributed by atoms with Crippen LogP contribution in [0.1, 0.15) is 5.56 Å². The van der Waals surface area contributed by atoms with Gasteiger partial charge in [-0.15, -0.1) is 11.8 Å². The topological polar surface area (TPSA) is 44.0 Å². The molecule has 2 nitrogen and oxygen atoms in total. The van der Waals surface area contributed by atoms with Crippen LogP contribution in [0.4, 0.5) is 0 Å². The van der Waals surface area contributed by atoms with Crippen LogP contribution in [0, 0.1) is 11.3 Å². The summed E-state index contributed by atoms with van der Waals surface area (Å²) in [5, 5.41) is 17.7. The fourth-order valence-electron chi connectivity index (χ4n) is 0.843. The Hall–Kier alpha value is -0.690. The van der Waals surface area contributed by atoms with Crippen LogP contribution >= 0.6 is 23.4 Å². The Morgan fingerprint density at radius 1 is 1.54 bits per heavy atom. The van der Waals surface area contributed by atoms with Crippen LogP contribution in [0.5, 0.6) is 0 Å². The summed E-state index contributed by atoms with van der Waals surface area (Å²) in [5.74, 6) is 0.617. The highest BCUT2D eigenvalue weighted by atomic mass is 35.5. The summed E-state index contributed by atoms with van der Waals surface area (Å²) < 4.78 is 0. The van der Waals surface area contributed by atoms with E-state index < -0.39 is 0 Å². The molecular weight excluding hydrogens is 206 g/mol. The van der Waals surface area contributed by atoms with Crippen molar-refractivity contribution in [3.63, 3.8) is 0 Å². The number of hydrogen-bond donors (Lipinski definition) is 1. The molecule has 13 heavy (non-hydrogen) atoms. The third kappa shape index (κ3) is 2.92. The average Bonchev–Trinajstić information content (AvgIpc) is 2.16. The maximum Gasteiger partial charge on any atom is 0.0992 e. The smallest absolute Gasteiger partial charge is 0.0992 e. The van der Waals surface area contributed by atoms with Gasteiger partial charge in [0.2, 0.25) is 0 Å². The third-order valence-electron chi connectivity index (χ3n) is 1.41. The molecule has 0 fully saturated rings. The minimum atomic E-state index is 0.126.